The third kappa shape index (κ3) is 4.48. The number of aliphatic imine (C=N–C) groups is 1. The fourth-order valence-electron chi connectivity index (χ4n) is 2.91. The molecule has 3 rings (SSSR count). The van der Waals surface area contributed by atoms with Crippen LogP contribution < -0.4 is 16.0 Å². The van der Waals surface area contributed by atoms with Gasteiger partial charge in [0.25, 0.3) is 5.56 Å². The van der Waals surface area contributed by atoms with Crippen molar-refractivity contribution in [3.8, 4) is 11.4 Å². The van der Waals surface area contributed by atoms with E-state index in [1.165, 1.54) is 24.5 Å². The fraction of sp³-hybridized carbons (Fsp3) is 0.227. The molecule has 0 aliphatic carbocycles. The van der Waals surface area contributed by atoms with Gasteiger partial charge in [-0.05, 0) is 42.3 Å². The summed E-state index contributed by atoms with van der Waals surface area (Å²) in [6.45, 7) is 1.79. The molecule has 2 aromatic carbocycles. The molecule has 1 aromatic heterocycles. The molecular formula is C22H23FN4O3. The fourth-order valence-corrected chi connectivity index (χ4v) is 2.91. The maximum atomic E-state index is 14.7. The van der Waals surface area contributed by atoms with Crippen molar-refractivity contribution in [2.75, 3.05) is 21.2 Å². The molecule has 7 nitrogen and oxygen atoms in total. The van der Waals surface area contributed by atoms with Gasteiger partial charge in [-0.2, -0.15) is 0 Å². The van der Waals surface area contributed by atoms with Gasteiger partial charge in [-0.1, -0.05) is 18.2 Å². The Morgan fingerprint density at radius 2 is 1.80 bits per heavy atom. The Morgan fingerprint density at radius 1 is 1.10 bits per heavy atom. The van der Waals surface area contributed by atoms with Gasteiger partial charge in [0.05, 0.1) is 25.7 Å². The monoisotopic (exact) mass is 410 g/mol. The zero-order valence-electron chi connectivity index (χ0n) is 17.3. The van der Waals surface area contributed by atoms with E-state index in [2.05, 4.69) is 4.99 Å². The summed E-state index contributed by atoms with van der Waals surface area (Å²) in [6, 6.07) is 12.8. The molecule has 0 aliphatic rings. The highest BCUT2D eigenvalue weighted by Gasteiger charge is 2.16. The Bertz CT molecular complexity index is 1190. The number of hydrogen-bond acceptors (Lipinski definition) is 4. The molecule has 0 aliphatic heterocycles. The molecule has 0 saturated heterocycles. The quantitative estimate of drug-likeness (QED) is 0.463. The molecule has 8 heteroatoms. The minimum atomic E-state index is -0.674. The van der Waals surface area contributed by atoms with Crippen LogP contribution in [0.15, 0.2) is 63.1 Å². The first-order valence-electron chi connectivity index (χ1n) is 9.27. The van der Waals surface area contributed by atoms with E-state index in [4.69, 9.17) is 4.74 Å². The highest BCUT2D eigenvalue weighted by atomic mass is 19.1. The molecule has 30 heavy (non-hydrogen) atoms. The second kappa shape index (κ2) is 8.77. The molecule has 0 atom stereocenters. The first kappa shape index (κ1) is 21.0. The number of methoxy groups -OCH3 is 1. The van der Waals surface area contributed by atoms with Crippen molar-refractivity contribution < 1.29 is 9.13 Å². The molecular weight excluding hydrogens is 387 g/mol. The number of aromatic nitrogens is 2. The van der Waals surface area contributed by atoms with Crippen LogP contribution in [0.1, 0.15) is 11.1 Å². The van der Waals surface area contributed by atoms with Crippen molar-refractivity contribution in [1.29, 1.82) is 0 Å². The van der Waals surface area contributed by atoms with Gasteiger partial charge in [0.2, 0.25) is 0 Å². The Labute approximate surface area is 173 Å². The molecule has 0 saturated carbocycles. The Morgan fingerprint density at radius 3 is 2.40 bits per heavy atom. The number of ether oxygens (including phenoxy) is 1. The normalized spacial score (nSPS) is 11.1. The lowest BCUT2D eigenvalue weighted by molar-refractivity contribution is 0.414. The van der Waals surface area contributed by atoms with Crippen LogP contribution in [-0.4, -0.2) is 41.6 Å². The molecule has 0 fully saturated rings. The maximum absolute atomic E-state index is 14.7. The van der Waals surface area contributed by atoms with Crippen molar-refractivity contribution in [3.63, 3.8) is 0 Å². The summed E-state index contributed by atoms with van der Waals surface area (Å²) in [7, 11) is 5.06. The minimum absolute atomic E-state index is 0.0278. The Balaban J connectivity index is 2.19. The Kier molecular flexibility index (Phi) is 6.15. The molecule has 0 amide bonds. The van der Waals surface area contributed by atoms with Crippen LogP contribution in [0, 0.1) is 12.7 Å². The molecule has 0 bridgehead atoms. The summed E-state index contributed by atoms with van der Waals surface area (Å²) in [5.41, 5.74) is 0.280. The summed E-state index contributed by atoms with van der Waals surface area (Å²) >= 11 is 0. The molecule has 0 radical (unpaired) electrons. The van der Waals surface area contributed by atoms with Gasteiger partial charge in [0.1, 0.15) is 17.4 Å². The first-order chi connectivity index (χ1) is 14.3. The average Bonchev–Trinajstić information content (AvgIpc) is 2.71. The lowest BCUT2D eigenvalue weighted by Gasteiger charge is -2.15. The van der Waals surface area contributed by atoms with Crippen molar-refractivity contribution in [1.82, 2.24) is 14.0 Å². The number of benzene rings is 2. The minimum Gasteiger partial charge on any atom is -0.497 e. The van der Waals surface area contributed by atoms with Gasteiger partial charge >= 0.3 is 5.69 Å². The van der Waals surface area contributed by atoms with Gasteiger partial charge in [0.15, 0.2) is 0 Å². The maximum Gasteiger partial charge on any atom is 0.337 e. The van der Waals surface area contributed by atoms with E-state index in [9.17, 15) is 14.0 Å². The van der Waals surface area contributed by atoms with E-state index >= 15 is 0 Å². The van der Waals surface area contributed by atoms with Gasteiger partial charge in [-0.15, -0.1) is 0 Å². The van der Waals surface area contributed by atoms with E-state index in [0.29, 0.717) is 11.3 Å². The second-order valence-corrected chi connectivity index (χ2v) is 7.06. The third-order valence-corrected chi connectivity index (χ3v) is 4.43. The highest BCUT2D eigenvalue weighted by molar-refractivity contribution is 5.60. The van der Waals surface area contributed by atoms with Crippen LogP contribution in [-0.2, 0) is 6.54 Å². The van der Waals surface area contributed by atoms with E-state index in [0.717, 1.165) is 14.7 Å². The van der Waals surface area contributed by atoms with E-state index < -0.39 is 17.1 Å². The molecule has 156 valence electrons. The van der Waals surface area contributed by atoms with Crippen molar-refractivity contribution in [3.05, 3.63) is 86.3 Å². The summed E-state index contributed by atoms with van der Waals surface area (Å²) in [6.07, 6.45) is 1.45. The van der Waals surface area contributed by atoms with Crippen LogP contribution in [0.5, 0.6) is 5.75 Å². The van der Waals surface area contributed by atoms with Gasteiger partial charge in [-0.3, -0.25) is 9.36 Å². The number of hydrogen-bond donors (Lipinski definition) is 0. The van der Waals surface area contributed by atoms with Gasteiger partial charge in [-0.25, -0.2) is 18.7 Å². The SMILES string of the molecule is COc1ccc(Cn2c(=O)cc(N=CN(C)C)n(-c3ccc(C)cc3F)c2=O)cc1. The predicted octanol–water partition coefficient (Wildman–Crippen LogP) is 2.73. The van der Waals surface area contributed by atoms with Crippen LogP contribution >= 0.6 is 0 Å². The number of rotatable bonds is 6. The third-order valence-electron chi connectivity index (χ3n) is 4.43. The second-order valence-electron chi connectivity index (χ2n) is 7.06. The summed E-state index contributed by atoms with van der Waals surface area (Å²) < 4.78 is 22.0. The van der Waals surface area contributed by atoms with E-state index in [-0.39, 0.29) is 18.1 Å². The number of halogens is 1. The predicted molar refractivity (Wildman–Crippen MR) is 115 cm³/mol. The smallest absolute Gasteiger partial charge is 0.337 e. The van der Waals surface area contributed by atoms with Gasteiger partial charge in [0, 0.05) is 20.2 Å². The number of nitrogens with zero attached hydrogens (tertiary/aromatic N) is 4. The molecule has 0 N–H and O–H groups in total. The van der Waals surface area contributed by atoms with Crippen LogP contribution in [0.3, 0.4) is 0 Å². The summed E-state index contributed by atoms with van der Waals surface area (Å²) in [4.78, 5) is 31.8. The highest BCUT2D eigenvalue weighted by Crippen LogP contribution is 2.19. The van der Waals surface area contributed by atoms with E-state index in [1.54, 1.807) is 63.4 Å². The topological polar surface area (TPSA) is 68.8 Å². The molecule has 0 spiro atoms. The Hall–Kier alpha value is -3.68. The summed E-state index contributed by atoms with van der Waals surface area (Å²) in [5, 5.41) is 0. The number of aryl methyl sites for hydroxylation is 1. The first-order valence-corrected chi connectivity index (χ1v) is 9.27. The molecule has 0 unspecified atom stereocenters. The van der Waals surface area contributed by atoms with Crippen LogP contribution in [0.25, 0.3) is 5.69 Å². The van der Waals surface area contributed by atoms with Crippen molar-refractivity contribution in [2.24, 2.45) is 4.99 Å². The molecule has 3 aromatic rings. The van der Waals surface area contributed by atoms with Crippen molar-refractivity contribution >= 4 is 12.2 Å². The van der Waals surface area contributed by atoms with Crippen molar-refractivity contribution in [2.45, 2.75) is 13.5 Å². The molecule has 1 heterocycles. The van der Waals surface area contributed by atoms with E-state index in [1.807, 2.05) is 0 Å². The zero-order valence-corrected chi connectivity index (χ0v) is 17.3. The lowest BCUT2D eigenvalue weighted by atomic mass is 10.2. The summed E-state index contributed by atoms with van der Waals surface area (Å²) in [5.74, 6) is 0.138. The zero-order chi connectivity index (χ0) is 21.8. The van der Waals surface area contributed by atoms with Gasteiger partial charge < -0.3 is 9.64 Å². The van der Waals surface area contributed by atoms with Crippen LogP contribution in [0.2, 0.25) is 0 Å². The standard InChI is InChI=1S/C22H23FN4O3/c1-15-5-10-19(18(23)11-15)27-20(24-14-25(2)3)12-21(28)26(22(27)29)13-16-6-8-17(30-4)9-7-16/h5-12,14H,13H2,1-4H3. The average molecular weight is 410 g/mol. The lowest BCUT2D eigenvalue weighted by Crippen LogP contribution is -2.39. The van der Waals surface area contributed by atoms with Crippen LogP contribution in [0.4, 0.5) is 10.2 Å². The largest absolute Gasteiger partial charge is 0.497 e.